The van der Waals surface area contributed by atoms with Gasteiger partial charge in [0.25, 0.3) is 11.8 Å². The van der Waals surface area contributed by atoms with E-state index in [9.17, 15) is 18.4 Å². The lowest BCUT2D eigenvalue weighted by Crippen LogP contribution is -2.40. The van der Waals surface area contributed by atoms with Crippen molar-refractivity contribution >= 4 is 17.5 Å². The number of rotatable bonds is 6. The molecule has 0 aliphatic heterocycles. The summed E-state index contributed by atoms with van der Waals surface area (Å²) in [7, 11) is 0. The molecular formula is C24H22F2N2O3. The van der Waals surface area contributed by atoms with E-state index >= 15 is 0 Å². The van der Waals surface area contributed by atoms with Crippen LogP contribution in [0.15, 0.2) is 65.3 Å². The van der Waals surface area contributed by atoms with Gasteiger partial charge in [0.2, 0.25) is 0 Å². The van der Waals surface area contributed by atoms with E-state index < -0.39 is 23.0 Å². The lowest BCUT2D eigenvalue weighted by molar-refractivity contribution is 0.0940. The van der Waals surface area contributed by atoms with Gasteiger partial charge in [0.05, 0.1) is 6.26 Å². The van der Waals surface area contributed by atoms with Gasteiger partial charge >= 0.3 is 0 Å². The quantitative estimate of drug-likeness (QED) is 0.582. The summed E-state index contributed by atoms with van der Waals surface area (Å²) in [5.41, 5.74) is 0.0485. The third-order valence-electron chi connectivity index (χ3n) is 5.77. The topological polar surface area (TPSA) is 71.3 Å². The molecule has 1 aromatic heterocycles. The maximum Gasteiger partial charge on any atom is 0.291 e. The van der Waals surface area contributed by atoms with Crippen molar-refractivity contribution in [3.8, 4) is 0 Å². The van der Waals surface area contributed by atoms with Crippen LogP contribution >= 0.6 is 0 Å². The Morgan fingerprint density at radius 2 is 1.65 bits per heavy atom. The molecule has 0 radical (unpaired) electrons. The number of nitrogens with one attached hydrogen (secondary N) is 2. The zero-order chi connectivity index (χ0) is 21.8. The fourth-order valence-electron chi connectivity index (χ4n) is 4.26. The minimum Gasteiger partial charge on any atom is -0.459 e. The molecule has 0 saturated heterocycles. The summed E-state index contributed by atoms with van der Waals surface area (Å²) in [5, 5.41) is 5.51. The summed E-state index contributed by atoms with van der Waals surface area (Å²) in [5.74, 6) is -1.82. The van der Waals surface area contributed by atoms with Crippen molar-refractivity contribution in [2.45, 2.75) is 31.1 Å². The first-order valence-corrected chi connectivity index (χ1v) is 10.2. The van der Waals surface area contributed by atoms with Crippen LogP contribution in [0.25, 0.3) is 0 Å². The summed E-state index contributed by atoms with van der Waals surface area (Å²) in [6.07, 6.45) is 4.29. The molecule has 2 amide bonds. The highest BCUT2D eigenvalue weighted by Crippen LogP contribution is 2.42. The Morgan fingerprint density at radius 3 is 2.32 bits per heavy atom. The average Bonchev–Trinajstić information content (AvgIpc) is 3.45. The van der Waals surface area contributed by atoms with E-state index in [2.05, 4.69) is 10.6 Å². The number of furan rings is 1. The monoisotopic (exact) mass is 424 g/mol. The van der Waals surface area contributed by atoms with Crippen LogP contribution in [0.4, 0.5) is 14.5 Å². The molecule has 0 unspecified atom stereocenters. The molecule has 1 saturated carbocycles. The maximum absolute atomic E-state index is 14.5. The lowest BCUT2D eigenvalue weighted by Gasteiger charge is -2.30. The van der Waals surface area contributed by atoms with Gasteiger partial charge in [0.1, 0.15) is 11.6 Å². The van der Waals surface area contributed by atoms with E-state index in [0.717, 1.165) is 12.8 Å². The van der Waals surface area contributed by atoms with Crippen molar-refractivity contribution in [3.05, 3.63) is 89.4 Å². The van der Waals surface area contributed by atoms with E-state index in [1.54, 1.807) is 30.3 Å². The number of hydrogen-bond acceptors (Lipinski definition) is 3. The van der Waals surface area contributed by atoms with Crippen LogP contribution in [-0.2, 0) is 5.41 Å². The van der Waals surface area contributed by atoms with E-state index in [-0.39, 0.29) is 23.8 Å². The molecule has 2 aromatic carbocycles. The predicted octanol–water partition coefficient (Wildman–Crippen LogP) is 5.05. The minimum absolute atomic E-state index is 0.0484. The second-order valence-electron chi connectivity index (χ2n) is 7.78. The van der Waals surface area contributed by atoms with E-state index in [0.29, 0.717) is 24.1 Å². The molecule has 0 spiro atoms. The van der Waals surface area contributed by atoms with Crippen molar-refractivity contribution in [2.75, 3.05) is 11.9 Å². The summed E-state index contributed by atoms with van der Waals surface area (Å²) >= 11 is 0. The number of carbonyl (C=O) groups excluding carboxylic acids is 2. The number of halogens is 2. The van der Waals surface area contributed by atoms with Crippen LogP contribution < -0.4 is 10.6 Å². The molecule has 31 heavy (non-hydrogen) atoms. The largest absolute Gasteiger partial charge is 0.459 e. The Kier molecular flexibility index (Phi) is 5.84. The van der Waals surface area contributed by atoms with E-state index in [1.807, 2.05) is 0 Å². The molecule has 0 bridgehead atoms. The van der Waals surface area contributed by atoms with Gasteiger partial charge in [0, 0.05) is 28.8 Å². The molecular weight excluding hydrogens is 402 g/mol. The second-order valence-corrected chi connectivity index (χ2v) is 7.78. The van der Waals surface area contributed by atoms with Gasteiger partial charge in [-0.25, -0.2) is 8.78 Å². The summed E-state index contributed by atoms with van der Waals surface area (Å²) < 4.78 is 34.0. The van der Waals surface area contributed by atoms with Crippen molar-refractivity contribution in [1.82, 2.24) is 5.32 Å². The summed E-state index contributed by atoms with van der Waals surface area (Å²) in [6.45, 7) is 0.132. The molecule has 4 rings (SSSR count). The first kappa shape index (κ1) is 20.8. The Balaban J connectivity index is 1.48. The highest BCUT2D eigenvalue weighted by molar-refractivity contribution is 6.03. The molecule has 1 heterocycles. The van der Waals surface area contributed by atoms with E-state index in [4.69, 9.17) is 4.42 Å². The molecule has 2 N–H and O–H groups in total. The third-order valence-corrected chi connectivity index (χ3v) is 5.77. The molecule has 1 fully saturated rings. The first-order chi connectivity index (χ1) is 15.0. The third kappa shape index (κ3) is 4.35. The Morgan fingerprint density at radius 1 is 0.935 bits per heavy atom. The fraction of sp³-hybridized carbons (Fsp3) is 0.250. The zero-order valence-electron chi connectivity index (χ0n) is 16.8. The first-order valence-electron chi connectivity index (χ1n) is 10.2. The molecule has 5 nitrogen and oxygen atoms in total. The van der Waals surface area contributed by atoms with Gasteiger partial charge in [-0.1, -0.05) is 25.0 Å². The number of hydrogen-bond donors (Lipinski definition) is 2. The van der Waals surface area contributed by atoms with Gasteiger partial charge < -0.3 is 15.1 Å². The molecule has 160 valence electrons. The Bertz CT molecular complexity index is 1070. The summed E-state index contributed by atoms with van der Waals surface area (Å²) in [4.78, 5) is 24.9. The molecule has 7 heteroatoms. The normalized spacial score (nSPS) is 14.9. The molecule has 1 aliphatic carbocycles. The van der Waals surface area contributed by atoms with Gasteiger partial charge in [-0.05, 0) is 55.3 Å². The highest BCUT2D eigenvalue weighted by atomic mass is 19.1. The van der Waals surface area contributed by atoms with Crippen LogP contribution in [-0.4, -0.2) is 18.4 Å². The highest BCUT2D eigenvalue weighted by Gasteiger charge is 2.40. The molecule has 1 aliphatic rings. The molecule has 3 aromatic rings. The number of benzene rings is 2. The SMILES string of the molecule is O=C(NCC1(c2c(F)cccc2F)CCCC1)c1cccc(NC(=O)c2ccco2)c1. The van der Waals surface area contributed by atoms with Gasteiger partial charge in [-0.15, -0.1) is 0 Å². The fourth-order valence-corrected chi connectivity index (χ4v) is 4.26. The zero-order valence-corrected chi connectivity index (χ0v) is 16.8. The summed E-state index contributed by atoms with van der Waals surface area (Å²) in [6, 6.07) is 13.5. The van der Waals surface area contributed by atoms with Gasteiger partial charge in [-0.3, -0.25) is 9.59 Å². The van der Waals surface area contributed by atoms with Crippen LogP contribution in [0.2, 0.25) is 0 Å². The van der Waals surface area contributed by atoms with Crippen molar-refractivity contribution in [3.63, 3.8) is 0 Å². The van der Waals surface area contributed by atoms with Gasteiger partial charge in [0.15, 0.2) is 5.76 Å². The second kappa shape index (κ2) is 8.71. The smallest absolute Gasteiger partial charge is 0.291 e. The van der Waals surface area contributed by atoms with Crippen molar-refractivity contribution in [2.24, 2.45) is 0 Å². The van der Waals surface area contributed by atoms with Crippen molar-refractivity contribution in [1.29, 1.82) is 0 Å². The number of carbonyl (C=O) groups is 2. The lowest BCUT2D eigenvalue weighted by atomic mass is 9.78. The standard InChI is InChI=1S/C24H22F2N2O3/c25-18-8-4-9-19(26)21(18)24(11-1-2-12-24)15-27-22(29)16-6-3-7-17(14-16)28-23(30)20-10-5-13-31-20/h3-10,13-14H,1-2,11-12,15H2,(H,27,29)(H,28,30). The van der Waals surface area contributed by atoms with Crippen LogP contribution in [0, 0.1) is 11.6 Å². The Labute approximate surface area is 178 Å². The van der Waals surface area contributed by atoms with Crippen LogP contribution in [0.1, 0.15) is 52.2 Å². The predicted molar refractivity (Wildman–Crippen MR) is 112 cm³/mol. The van der Waals surface area contributed by atoms with Crippen LogP contribution in [0.5, 0.6) is 0 Å². The average molecular weight is 424 g/mol. The van der Waals surface area contributed by atoms with Crippen molar-refractivity contribution < 1.29 is 22.8 Å². The van der Waals surface area contributed by atoms with Crippen LogP contribution in [0.3, 0.4) is 0 Å². The Hall–Kier alpha value is -3.48. The number of anilines is 1. The minimum atomic E-state index is -0.768. The maximum atomic E-state index is 14.5. The van der Waals surface area contributed by atoms with E-state index in [1.165, 1.54) is 30.5 Å². The molecule has 0 atom stereocenters. The number of amides is 2. The van der Waals surface area contributed by atoms with Gasteiger partial charge in [-0.2, -0.15) is 0 Å².